The van der Waals surface area contributed by atoms with Gasteiger partial charge in [0.05, 0.1) is 20.2 Å². The highest BCUT2D eigenvalue weighted by atomic mass is 19.1. The molecule has 5 nitrogen and oxygen atoms in total. The van der Waals surface area contributed by atoms with Gasteiger partial charge in [-0.3, -0.25) is 13.9 Å². The number of halogens is 1. The van der Waals surface area contributed by atoms with Crippen LogP contribution in [-0.4, -0.2) is 16.2 Å². The fourth-order valence-corrected chi connectivity index (χ4v) is 2.91. The van der Waals surface area contributed by atoms with Crippen molar-refractivity contribution in [3.8, 4) is 5.75 Å². The average molecular weight is 368 g/mol. The van der Waals surface area contributed by atoms with Gasteiger partial charge < -0.3 is 4.74 Å². The molecule has 0 radical (unpaired) electrons. The Morgan fingerprint density at radius 2 is 1.52 bits per heavy atom. The molecule has 0 saturated heterocycles. The lowest BCUT2D eigenvalue weighted by molar-refractivity contribution is 0.414. The third kappa shape index (κ3) is 4.16. The summed E-state index contributed by atoms with van der Waals surface area (Å²) in [6.45, 7) is 2.33. The van der Waals surface area contributed by atoms with Gasteiger partial charge in [-0.1, -0.05) is 31.2 Å². The maximum atomic E-state index is 13.1. The molecule has 0 aliphatic carbocycles. The number of hydrogen-bond donors (Lipinski definition) is 0. The van der Waals surface area contributed by atoms with E-state index in [-0.39, 0.29) is 17.9 Å². The van der Waals surface area contributed by atoms with Crippen molar-refractivity contribution in [2.75, 3.05) is 7.11 Å². The third-order valence-electron chi connectivity index (χ3n) is 4.45. The summed E-state index contributed by atoms with van der Waals surface area (Å²) in [6.07, 6.45) is 2.14. The van der Waals surface area contributed by atoms with Gasteiger partial charge in [-0.25, -0.2) is 9.18 Å². The van der Waals surface area contributed by atoms with E-state index in [2.05, 4.69) is 0 Å². The number of aromatic nitrogens is 2. The monoisotopic (exact) mass is 368 g/mol. The quantitative estimate of drug-likeness (QED) is 0.672. The number of nitrogens with zero attached hydrogens (tertiary/aromatic N) is 2. The number of methoxy groups -OCH3 is 1. The maximum absolute atomic E-state index is 13.1. The van der Waals surface area contributed by atoms with Crippen molar-refractivity contribution in [2.45, 2.75) is 26.4 Å². The normalized spacial score (nSPS) is 10.8. The van der Waals surface area contributed by atoms with Gasteiger partial charge in [0.1, 0.15) is 11.6 Å². The van der Waals surface area contributed by atoms with E-state index in [4.69, 9.17) is 4.74 Å². The molecule has 0 spiro atoms. The van der Waals surface area contributed by atoms with Gasteiger partial charge in [0.15, 0.2) is 0 Å². The van der Waals surface area contributed by atoms with Crippen molar-refractivity contribution in [3.63, 3.8) is 0 Å². The molecule has 27 heavy (non-hydrogen) atoms. The Kier molecular flexibility index (Phi) is 5.54. The second-order valence-electron chi connectivity index (χ2n) is 6.28. The highest BCUT2D eigenvalue weighted by Gasteiger charge is 2.11. The van der Waals surface area contributed by atoms with E-state index in [1.54, 1.807) is 25.4 Å². The Morgan fingerprint density at radius 3 is 2.11 bits per heavy atom. The van der Waals surface area contributed by atoms with Crippen LogP contribution in [0.2, 0.25) is 0 Å². The fourth-order valence-electron chi connectivity index (χ4n) is 2.91. The van der Waals surface area contributed by atoms with Crippen LogP contribution < -0.4 is 16.0 Å². The molecule has 0 aliphatic rings. The van der Waals surface area contributed by atoms with Crippen molar-refractivity contribution >= 4 is 0 Å². The van der Waals surface area contributed by atoms with Crippen molar-refractivity contribution < 1.29 is 9.13 Å². The lowest BCUT2D eigenvalue weighted by atomic mass is 10.2. The van der Waals surface area contributed by atoms with Crippen molar-refractivity contribution in [3.05, 3.63) is 98.1 Å². The Balaban J connectivity index is 2.00. The molecule has 0 aliphatic heterocycles. The van der Waals surface area contributed by atoms with E-state index in [1.165, 1.54) is 21.3 Å². The fraction of sp³-hybridized carbons (Fsp3) is 0.238. The second kappa shape index (κ2) is 8.03. The number of aryl methyl sites for hydroxylation is 1. The van der Waals surface area contributed by atoms with Gasteiger partial charge in [-0.15, -0.1) is 0 Å². The van der Waals surface area contributed by atoms with E-state index < -0.39 is 5.69 Å². The molecule has 0 unspecified atom stereocenters. The van der Waals surface area contributed by atoms with Gasteiger partial charge in [0.2, 0.25) is 0 Å². The molecule has 0 amide bonds. The van der Waals surface area contributed by atoms with Gasteiger partial charge in [0, 0.05) is 11.8 Å². The van der Waals surface area contributed by atoms with E-state index >= 15 is 0 Å². The van der Waals surface area contributed by atoms with E-state index in [1.807, 2.05) is 31.2 Å². The maximum Gasteiger partial charge on any atom is 0.331 e. The topological polar surface area (TPSA) is 53.2 Å². The standard InChI is InChI=1S/C21H21FN2O3/c1-3-17-14-23(12-15-6-10-19(27-2)11-7-15)21(26)24(20(17)25)13-16-4-8-18(22)9-5-16/h4-11,14H,3,12-13H2,1-2H3. The third-order valence-corrected chi connectivity index (χ3v) is 4.45. The number of rotatable bonds is 6. The molecule has 1 aromatic heterocycles. The van der Waals surface area contributed by atoms with Gasteiger partial charge in [-0.2, -0.15) is 0 Å². The zero-order valence-corrected chi connectivity index (χ0v) is 15.3. The minimum absolute atomic E-state index is 0.106. The first-order valence-corrected chi connectivity index (χ1v) is 8.72. The van der Waals surface area contributed by atoms with Crippen LogP contribution in [0.15, 0.2) is 64.3 Å². The van der Waals surface area contributed by atoms with Crippen LogP contribution in [0.3, 0.4) is 0 Å². The molecule has 140 valence electrons. The molecule has 0 N–H and O–H groups in total. The van der Waals surface area contributed by atoms with E-state index in [0.29, 0.717) is 24.1 Å². The van der Waals surface area contributed by atoms with Crippen LogP contribution in [-0.2, 0) is 19.5 Å². The molecule has 0 fully saturated rings. The first-order chi connectivity index (χ1) is 13.0. The smallest absolute Gasteiger partial charge is 0.331 e. The zero-order chi connectivity index (χ0) is 19.4. The average Bonchev–Trinajstić information content (AvgIpc) is 2.69. The Morgan fingerprint density at radius 1 is 0.926 bits per heavy atom. The first kappa shape index (κ1) is 18.6. The van der Waals surface area contributed by atoms with Gasteiger partial charge in [0.25, 0.3) is 5.56 Å². The Bertz CT molecular complexity index is 1040. The molecule has 3 rings (SSSR count). The van der Waals surface area contributed by atoms with E-state index in [9.17, 15) is 14.0 Å². The molecular formula is C21H21FN2O3. The largest absolute Gasteiger partial charge is 0.497 e. The summed E-state index contributed by atoms with van der Waals surface area (Å²) in [5, 5.41) is 0. The molecule has 0 saturated carbocycles. The molecule has 1 heterocycles. The van der Waals surface area contributed by atoms with Gasteiger partial charge >= 0.3 is 5.69 Å². The van der Waals surface area contributed by atoms with Gasteiger partial charge in [-0.05, 0) is 41.8 Å². The van der Waals surface area contributed by atoms with Crippen LogP contribution in [0, 0.1) is 5.82 Å². The molecule has 0 bridgehead atoms. The number of hydrogen-bond acceptors (Lipinski definition) is 3. The minimum atomic E-state index is -0.391. The Hall–Kier alpha value is -3.15. The summed E-state index contributed by atoms with van der Waals surface area (Å²) >= 11 is 0. The molecular weight excluding hydrogens is 347 g/mol. The summed E-state index contributed by atoms with van der Waals surface area (Å²) in [5.41, 5.74) is 1.48. The van der Waals surface area contributed by atoms with Crippen molar-refractivity contribution in [1.29, 1.82) is 0 Å². The van der Waals surface area contributed by atoms with Crippen molar-refractivity contribution in [1.82, 2.24) is 9.13 Å². The summed E-state index contributed by atoms with van der Waals surface area (Å²) in [7, 11) is 1.60. The summed E-state index contributed by atoms with van der Waals surface area (Å²) in [4.78, 5) is 25.5. The molecule has 2 aromatic carbocycles. The zero-order valence-electron chi connectivity index (χ0n) is 15.3. The molecule has 3 aromatic rings. The number of benzene rings is 2. The van der Waals surface area contributed by atoms with Crippen LogP contribution in [0.25, 0.3) is 0 Å². The van der Waals surface area contributed by atoms with Crippen LogP contribution >= 0.6 is 0 Å². The second-order valence-corrected chi connectivity index (χ2v) is 6.28. The minimum Gasteiger partial charge on any atom is -0.497 e. The van der Waals surface area contributed by atoms with Crippen LogP contribution in [0.4, 0.5) is 4.39 Å². The van der Waals surface area contributed by atoms with E-state index in [0.717, 1.165) is 11.3 Å². The lowest BCUT2D eigenvalue weighted by Gasteiger charge is -2.13. The lowest BCUT2D eigenvalue weighted by Crippen LogP contribution is -2.41. The molecule has 6 heteroatoms. The first-order valence-electron chi connectivity index (χ1n) is 8.72. The summed E-state index contributed by atoms with van der Waals surface area (Å²) in [5.74, 6) is 0.381. The highest BCUT2D eigenvalue weighted by molar-refractivity contribution is 5.27. The predicted molar refractivity (Wildman–Crippen MR) is 102 cm³/mol. The van der Waals surface area contributed by atoms with Crippen LogP contribution in [0.5, 0.6) is 5.75 Å². The summed E-state index contributed by atoms with van der Waals surface area (Å²) < 4.78 is 21.0. The SMILES string of the molecule is CCc1cn(Cc2ccc(OC)cc2)c(=O)n(Cc2ccc(F)cc2)c1=O. The predicted octanol–water partition coefficient (Wildman–Crippen LogP) is 2.82. The number of ether oxygens (including phenoxy) is 1. The summed E-state index contributed by atoms with van der Waals surface area (Å²) in [6, 6.07) is 13.2. The van der Waals surface area contributed by atoms with Crippen molar-refractivity contribution in [2.24, 2.45) is 0 Å². The molecule has 0 atom stereocenters. The van der Waals surface area contributed by atoms with Crippen LogP contribution in [0.1, 0.15) is 23.6 Å². The Labute approximate surface area is 156 Å². The highest BCUT2D eigenvalue weighted by Crippen LogP contribution is 2.12.